The molecule has 0 saturated carbocycles. The molecule has 0 aromatic heterocycles. The van der Waals surface area contributed by atoms with Gasteiger partial charge >= 0.3 is 12.0 Å². The van der Waals surface area contributed by atoms with Gasteiger partial charge in [0.25, 0.3) is 0 Å². The molecule has 0 spiro atoms. The van der Waals surface area contributed by atoms with Crippen LogP contribution in [0.4, 0.5) is 4.79 Å². The number of aliphatic hydroxyl groups excluding tert-OH is 1. The van der Waals surface area contributed by atoms with Gasteiger partial charge in [-0.1, -0.05) is 0 Å². The topological polar surface area (TPSA) is 89.9 Å². The number of carboxylic acid groups (broad SMARTS) is 1. The Morgan fingerprint density at radius 2 is 2.17 bits per heavy atom. The first-order valence-electron chi connectivity index (χ1n) is 5.95. The van der Waals surface area contributed by atoms with Crippen molar-refractivity contribution in [1.29, 1.82) is 0 Å². The number of aliphatic carboxylic acids is 1. The van der Waals surface area contributed by atoms with Crippen LogP contribution in [0, 0.1) is 12.3 Å². The molecule has 1 aliphatic rings. The van der Waals surface area contributed by atoms with Gasteiger partial charge in [0.15, 0.2) is 0 Å². The van der Waals surface area contributed by atoms with Gasteiger partial charge in [-0.3, -0.25) is 0 Å². The maximum atomic E-state index is 11.7. The predicted octanol–water partition coefficient (Wildman–Crippen LogP) is 0.0193. The number of unbranched alkanes of at least 4 members (excludes halogenated alkanes) is 2. The molecule has 0 bridgehead atoms. The van der Waals surface area contributed by atoms with E-state index in [4.69, 9.17) is 11.5 Å². The zero-order valence-electron chi connectivity index (χ0n) is 10.1. The highest BCUT2D eigenvalue weighted by Gasteiger charge is 2.38. The van der Waals surface area contributed by atoms with Gasteiger partial charge in [-0.2, -0.15) is 0 Å². The molecule has 0 aromatic rings. The molecule has 1 heterocycles. The predicted molar refractivity (Wildman–Crippen MR) is 64.8 cm³/mol. The molecule has 0 radical (unpaired) electrons. The average molecular weight is 254 g/mol. The maximum absolute atomic E-state index is 11.7. The Hall–Kier alpha value is -1.74. The lowest BCUT2D eigenvalue weighted by molar-refractivity contribution is -0.141. The fraction of sp³-hybridized carbons (Fsp3) is 0.667. The monoisotopic (exact) mass is 254 g/mol. The van der Waals surface area contributed by atoms with E-state index in [-0.39, 0.29) is 13.0 Å². The Balaban J connectivity index is 2.36. The van der Waals surface area contributed by atoms with E-state index < -0.39 is 24.1 Å². The molecule has 1 fully saturated rings. The lowest BCUT2D eigenvalue weighted by atomic mass is 10.2. The van der Waals surface area contributed by atoms with E-state index in [2.05, 4.69) is 11.2 Å². The summed E-state index contributed by atoms with van der Waals surface area (Å²) in [6.07, 6.45) is 6.65. The summed E-state index contributed by atoms with van der Waals surface area (Å²) in [6, 6.07) is -1.38. The van der Waals surface area contributed by atoms with Gasteiger partial charge in [-0.05, 0) is 12.8 Å². The minimum Gasteiger partial charge on any atom is -0.480 e. The van der Waals surface area contributed by atoms with Crippen molar-refractivity contribution in [3.8, 4) is 12.3 Å². The zero-order valence-corrected chi connectivity index (χ0v) is 10.1. The van der Waals surface area contributed by atoms with Crippen LogP contribution in [-0.4, -0.2) is 52.3 Å². The molecular weight excluding hydrogens is 236 g/mol. The van der Waals surface area contributed by atoms with E-state index in [9.17, 15) is 14.7 Å². The fourth-order valence-electron chi connectivity index (χ4n) is 1.92. The number of likely N-dealkylation sites (tertiary alicyclic amines) is 1. The number of amides is 2. The number of rotatable bonds is 5. The maximum Gasteiger partial charge on any atom is 0.326 e. The third kappa shape index (κ3) is 3.93. The van der Waals surface area contributed by atoms with Gasteiger partial charge in [-0.15, -0.1) is 12.3 Å². The van der Waals surface area contributed by atoms with Crippen LogP contribution < -0.4 is 5.32 Å². The lowest BCUT2D eigenvalue weighted by Gasteiger charge is -2.21. The van der Waals surface area contributed by atoms with Gasteiger partial charge in [0.1, 0.15) is 6.04 Å². The van der Waals surface area contributed by atoms with Crippen LogP contribution in [0.3, 0.4) is 0 Å². The molecule has 100 valence electrons. The van der Waals surface area contributed by atoms with Crippen molar-refractivity contribution in [2.24, 2.45) is 0 Å². The van der Waals surface area contributed by atoms with Gasteiger partial charge in [0, 0.05) is 25.9 Å². The average Bonchev–Trinajstić information content (AvgIpc) is 2.71. The van der Waals surface area contributed by atoms with Crippen LogP contribution in [0.5, 0.6) is 0 Å². The highest BCUT2D eigenvalue weighted by Crippen LogP contribution is 2.17. The van der Waals surface area contributed by atoms with Gasteiger partial charge in [0.05, 0.1) is 6.10 Å². The second kappa shape index (κ2) is 6.87. The number of carboxylic acids is 1. The molecule has 18 heavy (non-hydrogen) atoms. The minimum absolute atomic E-state index is 0.0627. The second-order valence-electron chi connectivity index (χ2n) is 4.29. The SMILES string of the molecule is C#CCCCCNC(=O)N1CC(O)CC1C(=O)O. The van der Waals surface area contributed by atoms with Crippen molar-refractivity contribution in [2.75, 3.05) is 13.1 Å². The van der Waals surface area contributed by atoms with Gasteiger partial charge in [0.2, 0.25) is 0 Å². The normalized spacial score (nSPS) is 22.6. The van der Waals surface area contributed by atoms with Gasteiger partial charge < -0.3 is 20.4 Å². The Labute approximate surface area is 106 Å². The van der Waals surface area contributed by atoms with Gasteiger partial charge in [-0.25, -0.2) is 9.59 Å². The molecule has 2 amide bonds. The molecule has 1 aliphatic heterocycles. The number of aliphatic hydroxyl groups is 1. The third-order valence-electron chi connectivity index (χ3n) is 2.85. The number of urea groups is 1. The van der Waals surface area contributed by atoms with Crippen LogP contribution in [-0.2, 0) is 4.79 Å². The van der Waals surface area contributed by atoms with Crippen molar-refractivity contribution in [2.45, 2.75) is 37.8 Å². The van der Waals surface area contributed by atoms with E-state index in [1.807, 2.05) is 0 Å². The van der Waals surface area contributed by atoms with E-state index >= 15 is 0 Å². The first-order valence-corrected chi connectivity index (χ1v) is 5.95. The van der Waals surface area contributed by atoms with Crippen molar-refractivity contribution in [1.82, 2.24) is 10.2 Å². The highest BCUT2D eigenvalue weighted by molar-refractivity contribution is 5.83. The fourth-order valence-corrected chi connectivity index (χ4v) is 1.92. The van der Waals surface area contributed by atoms with E-state index in [1.54, 1.807) is 0 Å². The molecule has 1 rings (SSSR count). The summed E-state index contributed by atoms with van der Waals surface area (Å²) in [6.45, 7) is 0.520. The summed E-state index contributed by atoms with van der Waals surface area (Å²) < 4.78 is 0. The number of terminal acetylenes is 1. The quantitative estimate of drug-likeness (QED) is 0.476. The Kier molecular flexibility index (Phi) is 5.46. The molecule has 2 unspecified atom stereocenters. The Bertz CT molecular complexity index is 350. The van der Waals surface area contributed by atoms with Crippen molar-refractivity contribution >= 4 is 12.0 Å². The minimum atomic E-state index is -1.09. The molecular formula is C12H18N2O4. The summed E-state index contributed by atoms with van der Waals surface area (Å²) in [4.78, 5) is 23.8. The van der Waals surface area contributed by atoms with Crippen LogP contribution in [0.1, 0.15) is 25.7 Å². The number of β-amino-alcohol motifs (C(OH)–C–C–N with tert-alkyl or cyclic N) is 1. The van der Waals surface area contributed by atoms with Crippen LogP contribution in [0.15, 0.2) is 0 Å². The second-order valence-corrected chi connectivity index (χ2v) is 4.29. The van der Waals surface area contributed by atoms with Crippen LogP contribution in [0.2, 0.25) is 0 Å². The molecule has 0 aliphatic carbocycles. The summed E-state index contributed by atoms with van der Waals surface area (Å²) >= 11 is 0. The summed E-state index contributed by atoms with van der Waals surface area (Å²) in [7, 11) is 0. The molecule has 3 N–H and O–H groups in total. The molecule has 2 atom stereocenters. The number of carbonyl (C=O) groups is 2. The van der Waals surface area contributed by atoms with Crippen molar-refractivity contribution < 1.29 is 19.8 Å². The smallest absolute Gasteiger partial charge is 0.326 e. The molecule has 0 aromatic carbocycles. The number of nitrogens with zero attached hydrogens (tertiary/aromatic N) is 1. The zero-order chi connectivity index (χ0) is 13.5. The highest BCUT2D eigenvalue weighted by atomic mass is 16.4. The first kappa shape index (κ1) is 14.3. The Morgan fingerprint density at radius 3 is 2.78 bits per heavy atom. The standard InChI is InChI=1S/C12H18N2O4/c1-2-3-4-5-6-13-12(18)14-8-9(15)7-10(14)11(16)17/h1,9-10,15H,3-8H2,(H,13,18)(H,16,17). The molecule has 6 nitrogen and oxygen atoms in total. The largest absolute Gasteiger partial charge is 0.480 e. The third-order valence-corrected chi connectivity index (χ3v) is 2.85. The first-order chi connectivity index (χ1) is 8.56. The van der Waals surface area contributed by atoms with Crippen LogP contribution >= 0.6 is 0 Å². The van der Waals surface area contributed by atoms with E-state index in [0.717, 1.165) is 17.7 Å². The number of hydrogen-bond acceptors (Lipinski definition) is 3. The number of nitrogens with one attached hydrogen (secondary N) is 1. The number of hydrogen-bond donors (Lipinski definition) is 3. The Morgan fingerprint density at radius 1 is 1.44 bits per heavy atom. The van der Waals surface area contributed by atoms with E-state index in [1.165, 1.54) is 0 Å². The number of carbonyl (C=O) groups excluding carboxylic acids is 1. The van der Waals surface area contributed by atoms with E-state index in [0.29, 0.717) is 13.0 Å². The van der Waals surface area contributed by atoms with Crippen molar-refractivity contribution in [3.63, 3.8) is 0 Å². The summed E-state index contributed by atoms with van der Waals surface area (Å²) in [5, 5.41) is 21.0. The lowest BCUT2D eigenvalue weighted by Crippen LogP contribution is -2.46. The molecule has 1 saturated heterocycles. The molecule has 6 heteroatoms. The van der Waals surface area contributed by atoms with Crippen LogP contribution in [0.25, 0.3) is 0 Å². The summed E-state index contributed by atoms with van der Waals surface area (Å²) in [5.74, 6) is 1.42. The summed E-state index contributed by atoms with van der Waals surface area (Å²) in [5.41, 5.74) is 0. The van der Waals surface area contributed by atoms with Crippen molar-refractivity contribution in [3.05, 3.63) is 0 Å².